The van der Waals surface area contributed by atoms with Crippen molar-refractivity contribution in [3.05, 3.63) is 11.6 Å². The van der Waals surface area contributed by atoms with Gasteiger partial charge in [-0.1, -0.05) is 12.5 Å². The summed E-state index contributed by atoms with van der Waals surface area (Å²) < 4.78 is 5.32. The maximum atomic E-state index is 11.9. The van der Waals surface area contributed by atoms with Gasteiger partial charge < -0.3 is 19.8 Å². The van der Waals surface area contributed by atoms with E-state index in [1.807, 2.05) is 33.8 Å². The maximum Gasteiger partial charge on any atom is 0.410 e. The van der Waals surface area contributed by atoms with Crippen LogP contribution in [-0.4, -0.2) is 65.4 Å². The molecule has 1 rings (SSSR count). The summed E-state index contributed by atoms with van der Waals surface area (Å²) in [4.78, 5) is 17.8. The van der Waals surface area contributed by atoms with Crippen LogP contribution in [0.5, 0.6) is 0 Å². The molecule has 6 heteroatoms. The second-order valence-electron chi connectivity index (χ2n) is 7.04. The topological polar surface area (TPSA) is 82.4 Å². The molecule has 6 nitrogen and oxygen atoms in total. The fraction of sp³-hybridized carbons (Fsp3) is 0.765. The normalized spacial score (nSPS) is 21.5. The van der Waals surface area contributed by atoms with Gasteiger partial charge in [0.1, 0.15) is 5.60 Å². The number of nitrogens with zero attached hydrogens (tertiary/aromatic N) is 2. The first-order valence-corrected chi connectivity index (χ1v) is 8.11. The predicted molar refractivity (Wildman–Crippen MR) is 90.7 cm³/mol. The molecule has 0 aromatic heterocycles. The standard InChI is InChI=1S/C17H30N2O4/c1-12-13(9-14(10-20)18-15(12)11-21)7-6-8-19(5)16(22)23-17(2,3)4/h9,12,15,20-21H,6-8,10-11H2,1-5H3. The lowest BCUT2D eigenvalue weighted by molar-refractivity contribution is 0.0297. The average molecular weight is 326 g/mol. The Balaban J connectivity index is 2.52. The van der Waals surface area contributed by atoms with Gasteiger partial charge in [0.2, 0.25) is 0 Å². The van der Waals surface area contributed by atoms with Crippen molar-refractivity contribution in [2.24, 2.45) is 10.9 Å². The lowest BCUT2D eigenvalue weighted by Gasteiger charge is -2.28. The minimum atomic E-state index is -0.493. The number of hydrogen-bond acceptors (Lipinski definition) is 5. The summed E-state index contributed by atoms with van der Waals surface area (Å²) in [5, 5.41) is 18.7. The molecule has 0 aromatic carbocycles. The summed E-state index contributed by atoms with van der Waals surface area (Å²) in [6, 6.07) is -0.194. The van der Waals surface area contributed by atoms with Gasteiger partial charge in [-0.25, -0.2) is 4.79 Å². The molecular weight excluding hydrogens is 296 g/mol. The van der Waals surface area contributed by atoms with E-state index in [0.29, 0.717) is 12.3 Å². The second-order valence-corrected chi connectivity index (χ2v) is 7.04. The number of hydrogen-bond donors (Lipinski definition) is 2. The van der Waals surface area contributed by atoms with Gasteiger partial charge in [0, 0.05) is 19.5 Å². The summed E-state index contributed by atoms with van der Waals surface area (Å²) >= 11 is 0. The molecule has 23 heavy (non-hydrogen) atoms. The highest BCUT2D eigenvalue weighted by Crippen LogP contribution is 2.26. The number of aliphatic imine (C=N–C) groups is 1. The van der Waals surface area contributed by atoms with Gasteiger partial charge in [0.15, 0.2) is 0 Å². The van der Waals surface area contributed by atoms with Gasteiger partial charge in [-0.3, -0.25) is 4.99 Å². The van der Waals surface area contributed by atoms with Crippen LogP contribution >= 0.6 is 0 Å². The molecular formula is C17H30N2O4. The summed E-state index contributed by atoms with van der Waals surface area (Å²) in [6.45, 7) is 8.01. The Labute approximate surface area is 138 Å². The van der Waals surface area contributed by atoms with Crippen molar-refractivity contribution in [1.82, 2.24) is 4.90 Å². The molecule has 2 N–H and O–H groups in total. The molecule has 2 unspecified atom stereocenters. The van der Waals surface area contributed by atoms with E-state index >= 15 is 0 Å². The van der Waals surface area contributed by atoms with Gasteiger partial charge in [-0.15, -0.1) is 0 Å². The molecule has 0 bridgehead atoms. The number of rotatable bonds is 6. The van der Waals surface area contributed by atoms with Crippen LogP contribution in [0.2, 0.25) is 0 Å². The van der Waals surface area contributed by atoms with Crippen LogP contribution in [0.4, 0.5) is 4.79 Å². The highest BCUT2D eigenvalue weighted by Gasteiger charge is 2.24. The van der Waals surface area contributed by atoms with Crippen LogP contribution in [-0.2, 0) is 4.74 Å². The van der Waals surface area contributed by atoms with Crippen molar-refractivity contribution < 1.29 is 19.7 Å². The molecule has 0 saturated carbocycles. The van der Waals surface area contributed by atoms with Crippen molar-refractivity contribution >= 4 is 11.8 Å². The fourth-order valence-corrected chi connectivity index (χ4v) is 2.49. The number of amides is 1. The summed E-state index contributed by atoms with van der Waals surface area (Å²) in [6.07, 6.45) is 3.17. The Hall–Kier alpha value is -1.40. The third-order valence-corrected chi connectivity index (χ3v) is 3.86. The molecule has 1 amide bonds. The van der Waals surface area contributed by atoms with Crippen molar-refractivity contribution in [2.75, 3.05) is 26.8 Å². The molecule has 0 aromatic rings. The number of carbonyl (C=O) groups is 1. The van der Waals surface area contributed by atoms with Crippen LogP contribution in [0.3, 0.4) is 0 Å². The second kappa shape index (κ2) is 8.45. The van der Waals surface area contributed by atoms with E-state index in [9.17, 15) is 15.0 Å². The molecule has 1 aliphatic rings. The summed E-state index contributed by atoms with van der Waals surface area (Å²) in [5.41, 5.74) is 1.27. The molecule has 132 valence electrons. The monoisotopic (exact) mass is 326 g/mol. The summed E-state index contributed by atoms with van der Waals surface area (Å²) in [7, 11) is 1.73. The SMILES string of the molecule is CC1C(CCCN(C)C(=O)OC(C)(C)C)=CC(CO)=NC1CO. The Morgan fingerprint density at radius 1 is 1.39 bits per heavy atom. The van der Waals surface area contributed by atoms with E-state index in [-0.39, 0.29) is 31.3 Å². The Kier molecular flexibility index (Phi) is 7.22. The van der Waals surface area contributed by atoms with Gasteiger partial charge >= 0.3 is 6.09 Å². The summed E-state index contributed by atoms with van der Waals surface area (Å²) in [5.74, 6) is 0.141. The number of ether oxygens (including phenoxy) is 1. The molecule has 0 spiro atoms. The smallest absolute Gasteiger partial charge is 0.410 e. The van der Waals surface area contributed by atoms with Crippen molar-refractivity contribution in [3.63, 3.8) is 0 Å². The zero-order valence-electron chi connectivity index (χ0n) is 14.9. The molecule has 0 radical (unpaired) electrons. The quantitative estimate of drug-likeness (QED) is 0.782. The molecule has 1 aliphatic heterocycles. The number of carbonyl (C=O) groups excluding carboxylic acids is 1. The van der Waals surface area contributed by atoms with Crippen molar-refractivity contribution in [2.45, 2.75) is 52.2 Å². The van der Waals surface area contributed by atoms with Gasteiger partial charge in [-0.2, -0.15) is 0 Å². The average Bonchev–Trinajstić information content (AvgIpc) is 2.47. The minimum absolute atomic E-state index is 0.0280. The van der Waals surface area contributed by atoms with E-state index in [4.69, 9.17) is 4.74 Å². The van der Waals surface area contributed by atoms with Crippen LogP contribution in [0.15, 0.2) is 16.6 Å². The molecule has 2 atom stereocenters. The van der Waals surface area contributed by atoms with Crippen molar-refractivity contribution in [3.8, 4) is 0 Å². The van der Waals surface area contributed by atoms with E-state index < -0.39 is 5.60 Å². The molecule has 0 saturated heterocycles. The number of aliphatic hydroxyl groups is 2. The Morgan fingerprint density at radius 2 is 2.04 bits per heavy atom. The first-order valence-electron chi connectivity index (χ1n) is 8.11. The largest absolute Gasteiger partial charge is 0.444 e. The molecule has 0 fully saturated rings. The van der Waals surface area contributed by atoms with Gasteiger partial charge in [0.25, 0.3) is 0 Å². The fourth-order valence-electron chi connectivity index (χ4n) is 2.49. The molecule has 1 heterocycles. The molecule has 0 aliphatic carbocycles. The minimum Gasteiger partial charge on any atom is -0.444 e. The maximum absolute atomic E-state index is 11.9. The van der Waals surface area contributed by atoms with Crippen LogP contribution in [0.1, 0.15) is 40.5 Å². The van der Waals surface area contributed by atoms with Gasteiger partial charge in [0.05, 0.1) is 25.0 Å². The lowest BCUT2D eigenvalue weighted by atomic mass is 9.87. The number of dihydropyridines is 1. The predicted octanol–water partition coefficient (Wildman–Crippen LogP) is 2.00. The third-order valence-electron chi connectivity index (χ3n) is 3.86. The van der Waals surface area contributed by atoms with Crippen molar-refractivity contribution in [1.29, 1.82) is 0 Å². The Bertz CT molecular complexity index is 466. The van der Waals surface area contributed by atoms with E-state index in [1.54, 1.807) is 11.9 Å². The zero-order chi connectivity index (χ0) is 17.6. The van der Waals surface area contributed by atoms with E-state index in [1.165, 1.54) is 0 Å². The van der Waals surface area contributed by atoms with Gasteiger partial charge in [-0.05, 0) is 39.7 Å². The highest BCUT2D eigenvalue weighted by molar-refractivity contribution is 5.97. The third kappa shape index (κ3) is 6.31. The highest BCUT2D eigenvalue weighted by atomic mass is 16.6. The first-order chi connectivity index (χ1) is 10.7. The van der Waals surface area contributed by atoms with E-state index in [2.05, 4.69) is 4.99 Å². The number of aliphatic hydroxyl groups excluding tert-OH is 2. The zero-order valence-corrected chi connectivity index (χ0v) is 14.9. The Morgan fingerprint density at radius 3 is 2.57 bits per heavy atom. The van der Waals surface area contributed by atoms with Crippen LogP contribution in [0, 0.1) is 5.92 Å². The van der Waals surface area contributed by atoms with Crippen LogP contribution in [0.25, 0.3) is 0 Å². The lowest BCUT2D eigenvalue weighted by Crippen LogP contribution is -2.35. The van der Waals surface area contributed by atoms with Crippen LogP contribution < -0.4 is 0 Å². The first kappa shape index (κ1) is 19.6. The van der Waals surface area contributed by atoms with E-state index in [0.717, 1.165) is 18.4 Å².